The van der Waals surface area contributed by atoms with Gasteiger partial charge in [-0.25, -0.2) is 8.42 Å². The Kier molecular flexibility index (Phi) is 5.97. The number of nitrogens with one attached hydrogen (secondary N) is 1. The summed E-state index contributed by atoms with van der Waals surface area (Å²) in [5.41, 5.74) is 3.93. The van der Waals surface area contributed by atoms with Crippen molar-refractivity contribution in [2.75, 3.05) is 26.2 Å². The number of para-hydroxylation sites is 1. The highest BCUT2D eigenvalue weighted by Gasteiger charge is 2.31. The Morgan fingerprint density at radius 2 is 1.73 bits per heavy atom. The lowest BCUT2D eigenvalue weighted by molar-refractivity contribution is 0.0713. The lowest BCUT2D eigenvalue weighted by Gasteiger charge is -2.32. The Hall–Kier alpha value is -2.35. The van der Waals surface area contributed by atoms with Crippen molar-refractivity contribution >= 4 is 38.4 Å². The number of hydrogen-bond acceptors (Lipinski definition) is 3. The quantitative estimate of drug-likeness (QED) is 0.569. The van der Waals surface area contributed by atoms with E-state index >= 15 is 0 Å². The molecule has 8 heteroatoms. The zero-order valence-electron chi connectivity index (χ0n) is 18.7. The van der Waals surface area contributed by atoms with Gasteiger partial charge in [-0.2, -0.15) is 4.31 Å². The van der Waals surface area contributed by atoms with E-state index in [0.29, 0.717) is 32.1 Å². The van der Waals surface area contributed by atoms with Crippen LogP contribution < -0.4 is 0 Å². The highest BCUT2D eigenvalue weighted by atomic mass is 35.5. The second-order valence-corrected chi connectivity index (χ2v) is 11.4. The van der Waals surface area contributed by atoms with Gasteiger partial charge in [-0.1, -0.05) is 29.8 Å². The predicted octanol–water partition coefficient (Wildman–Crippen LogP) is 4.93. The monoisotopic (exact) mass is 485 g/mol. The smallest absolute Gasteiger partial charge is 0.255 e. The van der Waals surface area contributed by atoms with Crippen molar-refractivity contribution in [2.45, 2.75) is 43.4 Å². The number of benzene rings is 2. The van der Waals surface area contributed by atoms with Crippen LogP contribution in [0, 0.1) is 6.92 Å². The summed E-state index contributed by atoms with van der Waals surface area (Å²) in [6.45, 7) is 4.38. The molecule has 2 aromatic carbocycles. The largest absolute Gasteiger partial charge is 0.358 e. The summed E-state index contributed by atoms with van der Waals surface area (Å²) in [4.78, 5) is 18.7. The molecule has 0 aliphatic carbocycles. The third-order valence-electron chi connectivity index (χ3n) is 7.00. The number of nitrogens with zero attached hydrogens (tertiary/aromatic N) is 2. The van der Waals surface area contributed by atoms with Gasteiger partial charge >= 0.3 is 0 Å². The predicted molar refractivity (Wildman–Crippen MR) is 130 cm³/mol. The van der Waals surface area contributed by atoms with Gasteiger partial charge in [-0.3, -0.25) is 4.79 Å². The zero-order chi connectivity index (χ0) is 23.2. The molecule has 2 aliphatic heterocycles. The summed E-state index contributed by atoms with van der Waals surface area (Å²) in [6, 6.07) is 12.8. The third kappa shape index (κ3) is 4.07. The fourth-order valence-corrected chi connectivity index (χ4v) is 7.01. The molecule has 0 unspecified atom stereocenters. The normalized spacial score (nSPS) is 18.3. The number of halogens is 1. The number of likely N-dealkylation sites (tertiary alicyclic amines) is 1. The van der Waals surface area contributed by atoms with Gasteiger partial charge in [0.15, 0.2) is 0 Å². The minimum Gasteiger partial charge on any atom is -0.358 e. The van der Waals surface area contributed by atoms with E-state index in [0.717, 1.165) is 31.2 Å². The molecular weight excluding hydrogens is 458 g/mol. The topological polar surface area (TPSA) is 73.5 Å². The molecule has 1 amide bonds. The number of carbonyl (C=O) groups excluding carboxylic acids is 1. The van der Waals surface area contributed by atoms with Crippen LogP contribution in [0.25, 0.3) is 10.9 Å². The number of carbonyl (C=O) groups is 1. The SMILES string of the molecule is Cc1[nH]c2ccccc2c1C1CCN(C(=O)c2cc(S(=O)(=O)N3CCCC3)ccc2Cl)CC1. The number of piperidine rings is 1. The van der Waals surface area contributed by atoms with Crippen LogP contribution in [0.2, 0.25) is 5.02 Å². The van der Waals surface area contributed by atoms with Gasteiger partial charge in [0.1, 0.15) is 0 Å². The average Bonchev–Trinajstić information content (AvgIpc) is 3.47. The van der Waals surface area contributed by atoms with E-state index in [-0.39, 0.29) is 21.4 Å². The molecule has 33 heavy (non-hydrogen) atoms. The van der Waals surface area contributed by atoms with E-state index in [1.165, 1.54) is 39.1 Å². The number of aryl methyl sites for hydroxylation is 1. The van der Waals surface area contributed by atoms with Gasteiger partial charge in [-0.05, 0) is 68.4 Å². The number of sulfonamides is 1. The molecule has 174 valence electrons. The van der Waals surface area contributed by atoms with Crippen molar-refractivity contribution < 1.29 is 13.2 Å². The van der Waals surface area contributed by atoms with Crippen molar-refractivity contribution in [3.05, 3.63) is 64.3 Å². The van der Waals surface area contributed by atoms with Crippen molar-refractivity contribution in [3.8, 4) is 0 Å². The van der Waals surface area contributed by atoms with Gasteiger partial charge in [0.05, 0.1) is 15.5 Å². The maximum Gasteiger partial charge on any atom is 0.255 e. The lowest BCUT2D eigenvalue weighted by Crippen LogP contribution is -2.38. The lowest BCUT2D eigenvalue weighted by atomic mass is 9.87. The van der Waals surface area contributed by atoms with Crippen LogP contribution in [0.5, 0.6) is 0 Å². The van der Waals surface area contributed by atoms with Crippen LogP contribution in [-0.2, 0) is 10.0 Å². The number of rotatable bonds is 4. The molecule has 0 atom stereocenters. The van der Waals surface area contributed by atoms with Crippen LogP contribution in [0.4, 0.5) is 0 Å². The van der Waals surface area contributed by atoms with Gasteiger partial charge in [0, 0.05) is 42.8 Å². The van der Waals surface area contributed by atoms with Crippen LogP contribution >= 0.6 is 11.6 Å². The second-order valence-electron chi connectivity index (χ2n) is 9.03. The molecule has 0 radical (unpaired) electrons. The molecule has 3 heterocycles. The maximum absolute atomic E-state index is 13.3. The van der Waals surface area contributed by atoms with Crippen molar-refractivity contribution in [3.63, 3.8) is 0 Å². The number of fused-ring (bicyclic) bond motifs is 1. The molecule has 1 aromatic heterocycles. The number of aromatic amines is 1. The van der Waals surface area contributed by atoms with Crippen LogP contribution in [0.3, 0.4) is 0 Å². The molecule has 0 bridgehead atoms. The first-order chi connectivity index (χ1) is 15.9. The molecule has 0 spiro atoms. The van der Waals surface area contributed by atoms with Crippen LogP contribution in [0.1, 0.15) is 53.2 Å². The Morgan fingerprint density at radius 1 is 1.03 bits per heavy atom. The van der Waals surface area contributed by atoms with E-state index in [1.54, 1.807) is 4.90 Å². The molecule has 5 rings (SSSR count). The average molecular weight is 486 g/mol. The minimum absolute atomic E-state index is 0.140. The van der Waals surface area contributed by atoms with Crippen molar-refractivity contribution in [1.29, 1.82) is 0 Å². The summed E-state index contributed by atoms with van der Waals surface area (Å²) >= 11 is 6.36. The summed E-state index contributed by atoms with van der Waals surface area (Å²) in [7, 11) is -3.61. The van der Waals surface area contributed by atoms with E-state index in [1.807, 2.05) is 6.07 Å². The number of hydrogen-bond donors (Lipinski definition) is 1. The van der Waals surface area contributed by atoms with Gasteiger partial charge < -0.3 is 9.88 Å². The minimum atomic E-state index is -3.61. The van der Waals surface area contributed by atoms with Gasteiger partial charge in [0.25, 0.3) is 5.91 Å². The summed E-state index contributed by atoms with van der Waals surface area (Å²) in [6.07, 6.45) is 3.45. The summed E-state index contributed by atoms with van der Waals surface area (Å²) in [5, 5.41) is 1.54. The zero-order valence-corrected chi connectivity index (χ0v) is 20.3. The van der Waals surface area contributed by atoms with Gasteiger partial charge in [0.2, 0.25) is 10.0 Å². The molecule has 2 saturated heterocycles. The Bertz CT molecular complexity index is 1300. The summed E-state index contributed by atoms with van der Waals surface area (Å²) in [5.74, 6) is 0.176. The molecule has 2 aliphatic rings. The summed E-state index contributed by atoms with van der Waals surface area (Å²) < 4.78 is 27.4. The van der Waals surface area contributed by atoms with Crippen LogP contribution in [-0.4, -0.2) is 54.7 Å². The fraction of sp³-hybridized carbons (Fsp3) is 0.400. The molecule has 2 fully saturated rings. The Morgan fingerprint density at radius 3 is 2.45 bits per heavy atom. The first kappa shape index (κ1) is 22.4. The van der Waals surface area contributed by atoms with E-state index in [2.05, 4.69) is 30.1 Å². The first-order valence-electron chi connectivity index (χ1n) is 11.5. The first-order valence-corrected chi connectivity index (χ1v) is 13.3. The Labute approximate surface area is 199 Å². The standard InChI is InChI=1S/C25H28ClN3O3S/c1-17-24(20-6-2-3-7-23(20)27-17)18-10-14-28(15-11-18)25(30)21-16-19(8-9-22(21)26)33(31,32)29-12-4-5-13-29/h2-3,6-9,16,18,27H,4-5,10-15H2,1H3. The van der Waals surface area contributed by atoms with E-state index in [4.69, 9.17) is 11.6 Å². The van der Waals surface area contributed by atoms with E-state index < -0.39 is 10.0 Å². The molecule has 0 saturated carbocycles. The molecule has 1 N–H and O–H groups in total. The van der Waals surface area contributed by atoms with Crippen molar-refractivity contribution in [2.24, 2.45) is 0 Å². The third-order valence-corrected chi connectivity index (χ3v) is 9.23. The van der Waals surface area contributed by atoms with Crippen LogP contribution in [0.15, 0.2) is 47.4 Å². The van der Waals surface area contributed by atoms with E-state index in [9.17, 15) is 13.2 Å². The van der Waals surface area contributed by atoms with Crippen molar-refractivity contribution in [1.82, 2.24) is 14.2 Å². The fourth-order valence-electron chi connectivity index (χ4n) is 5.27. The molecular formula is C25H28ClN3O3S. The number of amides is 1. The maximum atomic E-state index is 13.3. The number of H-pyrrole nitrogens is 1. The second kappa shape index (κ2) is 8.78. The Balaban J connectivity index is 1.34. The molecule has 6 nitrogen and oxygen atoms in total. The van der Waals surface area contributed by atoms with Gasteiger partial charge in [-0.15, -0.1) is 0 Å². The highest BCUT2D eigenvalue weighted by molar-refractivity contribution is 7.89. The molecule has 3 aromatic rings. The highest BCUT2D eigenvalue weighted by Crippen LogP contribution is 2.36. The number of aromatic nitrogens is 1.